The van der Waals surface area contributed by atoms with Gasteiger partial charge in [0.15, 0.2) is 5.69 Å². The highest BCUT2D eigenvalue weighted by atomic mass is 32.1. The summed E-state index contributed by atoms with van der Waals surface area (Å²) in [5.41, 5.74) is 10.6. The number of thiazole rings is 1. The molecule has 2 aromatic heterocycles. The van der Waals surface area contributed by atoms with Crippen molar-refractivity contribution in [3.05, 3.63) is 29.3 Å². The van der Waals surface area contributed by atoms with Crippen molar-refractivity contribution in [3.63, 3.8) is 0 Å². The van der Waals surface area contributed by atoms with Crippen molar-refractivity contribution in [2.45, 2.75) is 26.8 Å². The standard InChI is InChI=1S/C15H20N6O2S/c1-3-7-23-21-14(16)20-15-19-13(9-24-15)12-6-4-5-11(18-12)8-17-10(2)22/h4-6,9H,3,7-8H2,1-2H3,(H,17,22)(H3,16,19,20,21)/p+1. The maximum absolute atomic E-state index is 11.0. The first-order valence-corrected chi connectivity index (χ1v) is 8.40. The molecular formula is C15H21N6O2S+. The molecular weight excluding hydrogens is 328 g/mol. The molecule has 2 heterocycles. The number of aromatic nitrogens is 2. The lowest BCUT2D eigenvalue weighted by molar-refractivity contribution is -0.361. The molecule has 0 saturated heterocycles. The highest BCUT2D eigenvalue weighted by Crippen LogP contribution is 2.20. The molecule has 128 valence electrons. The van der Waals surface area contributed by atoms with Crippen molar-refractivity contribution in [2.75, 3.05) is 6.61 Å². The van der Waals surface area contributed by atoms with Crippen LogP contribution in [0.1, 0.15) is 26.0 Å². The van der Waals surface area contributed by atoms with Gasteiger partial charge in [0.2, 0.25) is 5.91 Å². The molecule has 1 amide bonds. The third-order valence-electron chi connectivity index (χ3n) is 2.82. The summed E-state index contributed by atoms with van der Waals surface area (Å²) in [7, 11) is 0. The largest absolute Gasteiger partial charge is 0.351 e. The number of nitrogens with two attached hydrogens (primary N) is 1. The lowest BCUT2D eigenvalue weighted by Gasteiger charge is -2.02. The zero-order chi connectivity index (χ0) is 17.4. The van der Waals surface area contributed by atoms with E-state index in [1.165, 1.54) is 18.3 Å². The van der Waals surface area contributed by atoms with E-state index in [1.807, 2.05) is 30.5 Å². The number of hydroxylamine groups is 1. The molecule has 0 aromatic carbocycles. The Balaban J connectivity index is 2.06. The molecule has 0 bridgehead atoms. The van der Waals surface area contributed by atoms with Crippen LogP contribution in [-0.4, -0.2) is 28.4 Å². The van der Waals surface area contributed by atoms with Crippen molar-refractivity contribution in [3.8, 4) is 11.4 Å². The third kappa shape index (κ3) is 5.60. The van der Waals surface area contributed by atoms with Gasteiger partial charge in [-0.3, -0.25) is 4.79 Å². The number of pyridine rings is 1. The molecule has 2 rings (SSSR count). The Labute approximate surface area is 144 Å². The molecule has 0 unspecified atom stereocenters. The normalized spacial score (nSPS) is 11.3. The number of hydrogen-bond acceptors (Lipinski definition) is 5. The van der Waals surface area contributed by atoms with E-state index in [-0.39, 0.29) is 11.9 Å². The molecule has 0 aliphatic rings. The summed E-state index contributed by atoms with van der Waals surface area (Å²) >= 11 is 1.41. The smallest absolute Gasteiger partial charge is 0.332 e. The molecule has 0 atom stereocenters. The summed E-state index contributed by atoms with van der Waals surface area (Å²) < 4.78 is 0. The molecule has 2 aromatic rings. The zero-order valence-electron chi connectivity index (χ0n) is 13.6. The molecule has 8 nitrogen and oxygen atoms in total. The number of nitrogens with one attached hydrogen (secondary N) is 3. The minimum absolute atomic E-state index is 0.0915. The molecule has 9 heteroatoms. The summed E-state index contributed by atoms with van der Waals surface area (Å²) in [6.45, 7) is 4.43. The van der Waals surface area contributed by atoms with Gasteiger partial charge in [0.25, 0.3) is 5.13 Å². The summed E-state index contributed by atoms with van der Waals surface area (Å²) in [5.74, 6) is 0.183. The fourth-order valence-electron chi connectivity index (χ4n) is 1.76. The van der Waals surface area contributed by atoms with Gasteiger partial charge in [-0.05, 0) is 18.6 Å². The van der Waals surface area contributed by atoms with Crippen molar-refractivity contribution in [1.29, 1.82) is 0 Å². The highest BCUT2D eigenvalue weighted by Gasteiger charge is 2.10. The maximum atomic E-state index is 11.0. The Kier molecular flexibility index (Phi) is 6.64. The second-order valence-corrected chi connectivity index (χ2v) is 5.81. The molecule has 0 spiro atoms. The van der Waals surface area contributed by atoms with Gasteiger partial charge in [-0.15, -0.1) is 4.98 Å². The average molecular weight is 349 g/mol. The van der Waals surface area contributed by atoms with Crippen LogP contribution >= 0.6 is 11.3 Å². The highest BCUT2D eigenvalue weighted by molar-refractivity contribution is 7.13. The summed E-state index contributed by atoms with van der Waals surface area (Å²) in [5, 5.41) is 5.23. The van der Waals surface area contributed by atoms with Crippen LogP contribution in [0.25, 0.3) is 11.4 Å². The van der Waals surface area contributed by atoms with E-state index in [9.17, 15) is 4.79 Å². The monoisotopic (exact) mass is 349 g/mol. The van der Waals surface area contributed by atoms with Crippen LogP contribution in [0, 0.1) is 0 Å². The third-order valence-corrected chi connectivity index (χ3v) is 3.58. The quantitative estimate of drug-likeness (QED) is 0.238. The number of rotatable bonds is 7. The molecule has 0 fully saturated rings. The molecule has 24 heavy (non-hydrogen) atoms. The van der Waals surface area contributed by atoms with Crippen LogP contribution in [0.15, 0.2) is 23.6 Å². The van der Waals surface area contributed by atoms with Crippen LogP contribution < -0.4 is 21.5 Å². The number of nitrogens with zero attached hydrogens (tertiary/aromatic N) is 2. The Hall–Kier alpha value is -2.52. The predicted molar refractivity (Wildman–Crippen MR) is 92.1 cm³/mol. The average Bonchev–Trinajstić information content (AvgIpc) is 3.02. The van der Waals surface area contributed by atoms with Gasteiger partial charge in [0.05, 0.1) is 18.8 Å². The van der Waals surface area contributed by atoms with E-state index >= 15 is 0 Å². The first-order chi connectivity index (χ1) is 11.6. The molecule has 0 radical (unpaired) electrons. The second kappa shape index (κ2) is 8.94. The minimum atomic E-state index is -0.0915. The van der Waals surface area contributed by atoms with Crippen LogP contribution in [-0.2, 0) is 16.2 Å². The lowest BCUT2D eigenvalue weighted by atomic mass is 10.2. The number of carbonyl (C=O) groups is 1. The Morgan fingerprint density at radius 1 is 1.38 bits per heavy atom. The number of guanidine groups is 1. The fraction of sp³-hybridized carbons (Fsp3) is 0.333. The Morgan fingerprint density at radius 2 is 2.21 bits per heavy atom. The van der Waals surface area contributed by atoms with Crippen LogP contribution in [0.2, 0.25) is 0 Å². The van der Waals surface area contributed by atoms with E-state index in [1.54, 1.807) is 0 Å². The lowest BCUT2D eigenvalue weighted by Crippen LogP contribution is -2.73. The number of carbonyl (C=O) groups excluding carboxylic acids is 1. The van der Waals surface area contributed by atoms with Crippen LogP contribution in [0.3, 0.4) is 0 Å². The summed E-state index contributed by atoms with van der Waals surface area (Å²) in [6.07, 6.45) is 0.891. The first kappa shape index (κ1) is 17.8. The van der Waals surface area contributed by atoms with Gasteiger partial charge in [-0.2, -0.15) is 5.48 Å². The predicted octanol–water partition coefficient (Wildman–Crippen LogP) is -0.201. The number of amides is 1. The van der Waals surface area contributed by atoms with Crippen molar-refractivity contribution in [2.24, 2.45) is 5.73 Å². The van der Waals surface area contributed by atoms with Gasteiger partial charge in [-0.25, -0.2) is 14.8 Å². The first-order valence-electron chi connectivity index (χ1n) is 7.52. The Morgan fingerprint density at radius 3 is 2.96 bits per heavy atom. The second-order valence-electron chi connectivity index (χ2n) is 4.95. The maximum Gasteiger partial charge on any atom is 0.332 e. The van der Waals surface area contributed by atoms with E-state index in [0.717, 1.165) is 23.5 Å². The van der Waals surface area contributed by atoms with E-state index in [4.69, 9.17) is 10.6 Å². The van der Waals surface area contributed by atoms with Crippen molar-refractivity contribution in [1.82, 2.24) is 20.8 Å². The topological polar surface area (TPSA) is 116 Å². The molecule has 0 saturated carbocycles. The van der Waals surface area contributed by atoms with Gasteiger partial charge in [-0.1, -0.05) is 24.3 Å². The van der Waals surface area contributed by atoms with Gasteiger partial charge >= 0.3 is 5.96 Å². The van der Waals surface area contributed by atoms with Crippen LogP contribution in [0.4, 0.5) is 5.13 Å². The van der Waals surface area contributed by atoms with Gasteiger partial charge in [0.1, 0.15) is 5.69 Å². The molecule has 0 aliphatic carbocycles. The summed E-state index contributed by atoms with van der Waals surface area (Å²) in [6, 6.07) is 5.60. The van der Waals surface area contributed by atoms with Crippen LogP contribution in [0.5, 0.6) is 0 Å². The zero-order valence-corrected chi connectivity index (χ0v) is 14.4. The van der Waals surface area contributed by atoms with Crippen molar-refractivity contribution >= 4 is 28.3 Å². The van der Waals surface area contributed by atoms with Gasteiger partial charge < -0.3 is 11.1 Å². The van der Waals surface area contributed by atoms with Crippen molar-refractivity contribution < 1.29 is 14.6 Å². The van der Waals surface area contributed by atoms with E-state index in [2.05, 4.69) is 25.8 Å². The SMILES string of the molecule is CCCONC(N)=[NH+]c1nc(-c2cccc(CNC(C)=O)n2)cs1. The minimum Gasteiger partial charge on any atom is -0.351 e. The van der Waals surface area contributed by atoms with E-state index < -0.39 is 0 Å². The van der Waals surface area contributed by atoms with E-state index in [0.29, 0.717) is 18.3 Å². The summed E-state index contributed by atoms with van der Waals surface area (Å²) in [4.78, 5) is 28.0. The number of hydrogen-bond donors (Lipinski definition) is 4. The molecule has 5 N–H and O–H groups in total. The Bertz CT molecular complexity index is 715. The van der Waals surface area contributed by atoms with Gasteiger partial charge in [0, 0.05) is 12.3 Å². The fourth-order valence-corrected chi connectivity index (χ4v) is 2.47. The molecule has 0 aliphatic heterocycles.